The highest BCUT2D eigenvalue weighted by molar-refractivity contribution is 7.10. The van der Waals surface area contributed by atoms with E-state index in [1.54, 1.807) is 43.8 Å². The van der Waals surface area contributed by atoms with Crippen LogP contribution in [0, 0.1) is 5.92 Å². The maximum absolute atomic E-state index is 12.5. The predicted octanol–water partition coefficient (Wildman–Crippen LogP) is 3.89. The number of nitrogens with one attached hydrogen (secondary N) is 1. The quantitative estimate of drug-likeness (QED) is 0.878. The summed E-state index contributed by atoms with van der Waals surface area (Å²) in [6.45, 7) is 4.19. The number of thiophene rings is 1. The van der Waals surface area contributed by atoms with Crippen LogP contribution in [0.25, 0.3) is 0 Å². The third-order valence-electron chi connectivity index (χ3n) is 3.45. The first kappa shape index (κ1) is 16.4. The molecule has 118 valence electrons. The van der Waals surface area contributed by atoms with Crippen LogP contribution in [-0.4, -0.2) is 20.1 Å². The van der Waals surface area contributed by atoms with Crippen LogP contribution in [0.5, 0.6) is 11.5 Å². The van der Waals surface area contributed by atoms with Crippen LogP contribution in [-0.2, 0) is 0 Å². The van der Waals surface area contributed by atoms with E-state index in [-0.39, 0.29) is 11.9 Å². The van der Waals surface area contributed by atoms with Crippen LogP contribution >= 0.6 is 11.3 Å². The van der Waals surface area contributed by atoms with E-state index in [9.17, 15) is 4.79 Å². The second kappa shape index (κ2) is 7.31. The summed E-state index contributed by atoms with van der Waals surface area (Å²) < 4.78 is 10.4. The minimum Gasteiger partial charge on any atom is -0.493 e. The lowest BCUT2D eigenvalue weighted by molar-refractivity contribution is 0.0926. The molecule has 0 aliphatic rings. The largest absolute Gasteiger partial charge is 0.493 e. The summed E-state index contributed by atoms with van der Waals surface area (Å²) in [7, 11) is 3.13. The molecular weight excluding hydrogens is 298 g/mol. The van der Waals surface area contributed by atoms with Gasteiger partial charge in [0.1, 0.15) is 0 Å². The van der Waals surface area contributed by atoms with E-state index in [0.29, 0.717) is 23.0 Å². The average molecular weight is 319 g/mol. The van der Waals surface area contributed by atoms with Gasteiger partial charge < -0.3 is 14.8 Å². The fourth-order valence-electron chi connectivity index (χ4n) is 2.24. The average Bonchev–Trinajstić information content (AvgIpc) is 3.05. The van der Waals surface area contributed by atoms with Crippen molar-refractivity contribution in [1.82, 2.24) is 5.32 Å². The standard InChI is InChI=1S/C17H21NO3S/c1-11(2)16(15-6-5-9-22-15)18-17(19)12-7-8-13(20-3)14(10-12)21-4/h5-11,16H,1-4H3,(H,18,19)/t16-/m1/s1. The van der Waals surface area contributed by atoms with Crippen LogP contribution in [0.4, 0.5) is 0 Å². The lowest BCUT2D eigenvalue weighted by atomic mass is 10.0. The summed E-state index contributed by atoms with van der Waals surface area (Å²) >= 11 is 1.65. The summed E-state index contributed by atoms with van der Waals surface area (Å²) in [5.41, 5.74) is 0.555. The molecule has 4 nitrogen and oxygen atoms in total. The highest BCUT2D eigenvalue weighted by Crippen LogP contribution is 2.29. The minimum atomic E-state index is -0.118. The Balaban J connectivity index is 2.20. The molecular formula is C17H21NO3S. The first-order valence-corrected chi connectivity index (χ1v) is 8.01. The number of hydrogen-bond acceptors (Lipinski definition) is 4. The van der Waals surface area contributed by atoms with Crippen LogP contribution in [0.1, 0.15) is 35.1 Å². The van der Waals surface area contributed by atoms with Crippen LogP contribution in [0.2, 0.25) is 0 Å². The molecule has 1 aromatic heterocycles. The Labute approximate surface area is 135 Å². The zero-order valence-corrected chi connectivity index (χ0v) is 14.1. The van der Waals surface area contributed by atoms with Crippen molar-refractivity contribution in [2.45, 2.75) is 19.9 Å². The molecule has 1 aromatic carbocycles. The first-order valence-electron chi connectivity index (χ1n) is 7.13. The summed E-state index contributed by atoms with van der Waals surface area (Å²) in [6.07, 6.45) is 0. The van der Waals surface area contributed by atoms with Crippen LogP contribution in [0.3, 0.4) is 0 Å². The van der Waals surface area contributed by atoms with Gasteiger partial charge in [-0.05, 0) is 35.6 Å². The van der Waals surface area contributed by atoms with Gasteiger partial charge in [0.15, 0.2) is 11.5 Å². The maximum atomic E-state index is 12.5. The van der Waals surface area contributed by atoms with Gasteiger partial charge in [-0.25, -0.2) is 0 Å². The number of ether oxygens (including phenoxy) is 2. The van der Waals surface area contributed by atoms with Crippen molar-refractivity contribution in [1.29, 1.82) is 0 Å². The van der Waals surface area contributed by atoms with E-state index < -0.39 is 0 Å². The molecule has 5 heteroatoms. The molecule has 1 atom stereocenters. The number of carbonyl (C=O) groups excluding carboxylic acids is 1. The van der Waals surface area contributed by atoms with E-state index in [2.05, 4.69) is 19.2 Å². The molecule has 22 heavy (non-hydrogen) atoms. The van der Waals surface area contributed by atoms with Gasteiger partial charge in [0.05, 0.1) is 20.3 Å². The summed E-state index contributed by atoms with van der Waals surface area (Å²) in [4.78, 5) is 13.7. The lowest BCUT2D eigenvalue weighted by Gasteiger charge is -2.21. The van der Waals surface area contributed by atoms with E-state index in [0.717, 1.165) is 4.88 Å². The van der Waals surface area contributed by atoms with Crippen molar-refractivity contribution < 1.29 is 14.3 Å². The first-order chi connectivity index (χ1) is 10.6. The molecule has 0 aliphatic carbocycles. The number of amides is 1. The van der Waals surface area contributed by atoms with Crippen molar-refractivity contribution in [2.24, 2.45) is 5.92 Å². The Bertz CT molecular complexity index is 623. The second-order valence-electron chi connectivity index (χ2n) is 5.28. The van der Waals surface area contributed by atoms with E-state index in [1.165, 1.54) is 0 Å². The zero-order valence-electron chi connectivity index (χ0n) is 13.3. The molecule has 0 saturated carbocycles. The fraction of sp³-hybridized carbons (Fsp3) is 0.353. The molecule has 1 amide bonds. The Morgan fingerprint density at radius 2 is 1.86 bits per heavy atom. The summed E-state index contributed by atoms with van der Waals surface area (Å²) in [6, 6.07) is 9.22. The van der Waals surface area contributed by atoms with Gasteiger partial charge in [0.25, 0.3) is 5.91 Å². The minimum absolute atomic E-state index is 0.000552. The third kappa shape index (κ3) is 3.60. The summed E-state index contributed by atoms with van der Waals surface area (Å²) in [5, 5.41) is 5.12. The molecule has 0 spiro atoms. The van der Waals surface area contributed by atoms with E-state index in [1.807, 2.05) is 17.5 Å². The maximum Gasteiger partial charge on any atom is 0.251 e. The molecule has 0 unspecified atom stereocenters. The predicted molar refractivity (Wildman–Crippen MR) is 88.9 cm³/mol. The number of carbonyl (C=O) groups is 1. The smallest absolute Gasteiger partial charge is 0.251 e. The van der Waals surface area contributed by atoms with E-state index in [4.69, 9.17) is 9.47 Å². The van der Waals surface area contributed by atoms with Gasteiger partial charge in [-0.2, -0.15) is 0 Å². The van der Waals surface area contributed by atoms with E-state index >= 15 is 0 Å². The van der Waals surface area contributed by atoms with Crippen LogP contribution in [0.15, 0.2) is 35.7 Å². The Hall–Kier alpha value is -2.01. The summed E-state index contributed by atoms with van der Waals surface area (Å²) in [5.74, 6) is 1.35. The van der Waals surface area contributed by atoms with Crippen molar-refractivity contribution in [3.05, 3.63) is 46.2 Å². The molecule has 2 aromatic rings. The van der Waals surface area contributed by atoms with Gasteiger partial charge in [-0.15, -0.1) is 11.3 Å². The highest BCUT2D eigenvalue weighted by Gasteiger charge is 2.20. The van der Waals surface area contributed by atoms with Gasteiger partial charge >= 0.3 is 0 Å². The number of hydrogen-bond donors (Lipinski definition) is 1. The molecule has 0 fully saturated rings. The van der Waals surface area contributed by atoms with Crippen LogP contribution < -0.4 is 14.8 Å². The van der Waals surface area contributed by atoms with Crippen molar-refractivity contribution in [3.63, 3.8) is 0 Å². The molecule has 1 heterocycles. The molecule has 1 N–H and O–H groups in total. The number of benzene rings is 1. The monoisotopic (exact) mass is 319 g/mol. The molecule has 0 saturated heterocycles. The Morgan fingerprint density at radius 1 is 1.14 bits per heavy atom. The molecule has 0 aliphatic heterocycles. The normalized spacial score (nSPS) is 12.0. The van der Waals surface area contributed by atoms with Crippen molar-refractivity contribution in [2.75, 3.05) is 14.2 Å². The Morgan fingerprint density at radius 3 is 2.41 bits per heavy atom. The molecule has 2 rings (SSSR count). The topological polar surface area (TPSA) is 47.6 Å². The fourth-order valence-corrected chi connectivity index (χ4v) is 3.19. The zero-order chi connectivity index (χ0) is 16.1. The number of methoxy groups -OCH3 is 2. The van der Waals surface area contributed by atoms with Crippen molar-refractivity contribution >= 4 is 17.2 Å². The Kier molecular flexibility index (Phi) is 5.44. The van der Waals surface area contributed by atoms with Crippen molar-refractivity contribution in [3.8, 4) is 11.5 Å². The second-order valence-corrected chi connectivity index (χ2v) is 6.26. The highest BCUT2D eigenvalue weighted by atomic mass is 32.1. The van der Waals surface area contributed by atoms with Gasteiger partial charge in [0, 0.05) is 10.4 Å². The molecule has 0 bridgehead atoms. The third-order valence-corrected chi connectivity index (χ3v) is 4.40. The van der Waals surface area contributed by atoms with Gasteiger partial charge in [-0.3, -0.25) is 4.79 Å². The van der Waals surface area contributed by atoms with Gasteiger partial charge in [0.2, 0.25) is 0 Å². The lowest BCUT2D eigenvalue weighted by Crippen LogP contribution is -2.31. The number of rotatable bonds is 6. The van der Waals surface area contributed by atoms with Gasteiger partial charge in [-0.1, -0.05) is 19.9 Å². The molecule has 0 radical (unpaired) electrons. The SMILES string of the molecule is COc1ccc(C(=O)N[C@@H](c2cccs2)C(C)C)cc1OC.